The first kappa shape index (κ1) is 17.3. The molecule has 3 rings (SSSR count). The highest BCUT2D eigenvalue weighted by molar-refractivity contribution is 5.78. The molecule has 0 radical (unpaired) electrons. The van der Waals surface area contributed by atoms with Crippen molar-refractivity contribution in [2.45, 2.75) is 57.5 Å². The van der Waals surface area contributed by atoms with Crippen molar-refractivity contribution in [1.82, 2.24) is 10.2 Å². The molecule has 1 aromatic carbocycles. The van der Waals surface area contributed by atoms with Crippen molar-refractivity contribution in [3.63, 3.8) is 0 Å². The second-order valence-electron chi connectivity index (χ2n) is 7.17. The Morgan fingerprint density at radius 2 is 1.96 bits per heavy atom. The predicted octanol–water partition coefficient (Wildman–Crippen LogP) is 3.72. The number of hydrogen-bond donors (Lipinski definition) is 1. The first-order valence-corrected chi connectivity index (χ1v) is 8.98. The minimum Gasteiger partial charge on any atom is -0.352 e. The Morgan fingerprint density at radius 3 is 2.71 bits per heavy atom. The minimum atomic E-state index is -2.68. The van der Waals surface area contributed by atoms with E-state index in [1.54, 1.807) is 0 Å². The zero-order chi connectivity index (χ0) is 17.0. The van der Waals surface area contributed by atoms with E-state index < -0.39 is 11.8 Å². The van der Waals surface area contributed by atoms with Crippen LogP contribution in [0.4, 0.5) is 8.78 Å². The highest BCUT2D eigenvalue weighted by atomic mass is 19.3. The number of carbonyl (C=O) groups is 1. The molecule has 0 bridgehead atoms. The van der Waals surface area contributed by atoms with Gasteiger partial charge in [0.1, 0.15) is 0 Å². The maximum Gasteiger partial charge on any atom is 0.248 e. The molecule has 1 heterocycles. The average molecular weight is 336 g/mol. The minimum absolute atomic E-state index is 0.0880. The van der Waals surface area contributed by atoms with E-state index >= 15 is 0 Å². The largest absolute Gasteiger partial charge is 0.352 e. The lowest BCUT2D eigenvalue weighted by Gasteiger charge is -2.28. The van der Waals surface area contributed by atoms with Gasteiger partial charge in [0.15, 0.2) is 0 Å². The van der Waals surface area contributed by atoms with Crippen molar-refractivity contribution in [3.05, 3.63) is 35.4 Å². The van der Waals surface area contributed by atoms with Crippen LogP contribution in [0.15, 0.2) is 24.3 Å². The molecule has 1 atom stereocenters. The molecule has 0 unspecified atom stereocenters. The molecule has 0 spiro atoms. The van der Waals surface area contributed by atoms with Gasteiger partial charge in [0, 0.05) is 31.8 Å². The van der Waals surface area contributed by atoms with Crippen LogP contribution in [0.1, 0.15) is 49.7 Å². The zero-order valence-electron chi connectivity index (χ0n) is 14.1. The van der Waals surface area contributed by atoms with E-state index in [2.05, 4.69) is 22.3 Å². The Kier molecular flexibility index (Phi) is 5.49. The molecule has 1 aliphatic carbocycles. The number of carbonyl (C=O) groups excluding carboxylic acids is 1. The van der Waals surface area contributed by atoms with Crippen LogP contribution < -0.4 is 5.32 Å². The number of nitrogens with one attached hydrogen (secondary N) is 1. The molecule has 1 aromatic rings. The van der Waals surface area contributed by atoms with Gasteiger partial charge in [-0.3, -0.25) is 9.69 Å². The molecule has 3 nitrogen and oxygen atoms in total. The standard InChI is InChI=1S/C19H26F2N2O/c20-19(21)8-4-7-17(12-19)18(24)22-13-15-5-3-6-16(11-15)14-23-9-1-2-10-23/h3,5-6,11,17H,1-2,4,7-10,12-14H2,(H,22,24)/t17-/m1/s1. The van der Waals surface area contributed by atoms with Gasteiger partial charge < -0.3 is 5.32 Å². The lowest BCUT2D eigenvalue weighted by Crippen LogP contribution is -2.37. The van der Waals surface area contributed by atoms with Crippen LogP contribution in [-0.2, 0) is 17.9 Å². The van der Waals surface area contributed by atoms with Gasteiger partial charge in [0.25, 0.3) is 0 Å². The fourth-order valence-electron chi connectivity index (χ4n) is 3.77. The Labute approximate surface area is 142 Å². The molecular weight excluding hydrogens is 310 g/mol. The van der Waals surface area contributed by atoms with Gasteiger partial charge in [-0.1, -0.05) is 24.3 Å². The average Bonchev–Trinajstić information content (AvgIpc) is 3.05. The third kappa shape index (κ3) is 4.76. The summed E-state index contributed by atoms with van der Waals surface area (Å²) in [5.74, 6) is -3.48. The summed E-state index contributed by atoms with van der Waals surface area (Å²) in [7, 11) is 0. The summed E-state index contributed by atoms with van der Waals surface area (Å²) in [5.41, 5.74) is 2.27. The smallest absolute Gasteiger partial charge is 0.248 e. The number of amides is 1. The molecule has 1 N–H and O–H groups in total. The maximum atomic E-state index is 13.4. The maximum absolute atomic E-state index is 13.4. The summed E-state index contributed by atoms with van der Waals surface area (Å²) in [6, 6.07) is 8.18. The Morgan fingerprint density at radius 1 is 1.21 bits per heavy atom. The first-order chi connectivity index (χ1) is 11.5. The Bertz CT molecular complexity index is 570. The molecule has 2 fully saturated rings. The van der Waals surface area contributed by atoms with Crippen molar-refractivity contribution in [1.29, 1.82) is 0 Å². The fourth-order valence-corrected chi connectivity index (χ4v) is 3.77. The number of benzene rings is 1. The van der Waals surface area contributed by atoms with E-state index in [-0.39, 0.29) is 18.7 Å². The summed E-state index contributed by atoms with van der Waals surface area (Å²) in [4.78, 5) is 14.6. The molecule has 1 saturated carbocycles. The Hall–Kier alpha value is -1.49. The van der Waals surface area contributed by atoms with E-state index in [0.29, 0.717) is 19.4 Å². The van der Waals surface area contributed by atoms with Gasteiger partial charge in [-0.25, -0.2) is 8.78 Å². The van der Waals surface area contributed by atoms with Crippen LogP contribution >= 0.6 is 0 Å². The van der Waals surface area contributed by atoms with Crippen molar-refractivity contribution in [2.24, 2.45) is 5.92 Å². The van der Waals surface area contributed by atoms with E-state index in [9.17, 15) is 13.6 Å². The molecule has 5 heteroatoms. The molecule has 1 saturated heterocycles. The summed E-state index contributed by atoms with van der Waals surface area (Å²) >= 11 is 0. The molecular formula is C19H26F2N2O. The number of hydrogen-bond acceptors (Lipinski definition) is 2. The lowest BCUT2D eigenvalue weighted by atomic mass is 9.86. The SMILES string of the molecule is O=C(NCc1cccc(CN2CCCC2)c1)[C@@H]1CCCC(F)(F)C1. The number of nitrogens with zero attached hydrogens (tertiary/aromatic N) is 1. The number of halogens is 2. The van der Waals surface area contributed by atoms with Crippen LogP contribution in [0.25, 0.3) is 0 Å². The number of alkyl halides is 2. The summed E-state index contributed by atoms with van der Waals surface area (Å²) in [6.45, 7) is 3.65. The van der Waals surface area contributed by atoms with Gasteiger partial charge in [-0.15, -0.1) is 0 Å². The first-order valence-electron chi connectivity index (χ1n) is 8.98. The molecule has 2 aliphatic rings. The third-order valence-electron chi connectivity index (χ3n) is 5.07. The van der Waals surface area contributed by atoms with Crippen molar-refractivity contribution < 1.29 is 13.6 Å². The van der Waals surface area contributed by atoms with Crippen molar-refractivity contribution in [3.8, 4) is 0 Å². The van der Waals surface area contributed by atoms with Gasteiger partial charge in [0.2, 0.25) is 11.8 Å². The molecule has 1 amide bonds. The summed E-state index contributed by atoms with van der Waals surface area (Å²) in [6.07, 6.45) is 3.12. The van der Waals surface area contributed by atoms with Gasteiger partial charge in [-0.2, -0.15) is 0 Å². The quantitative estimate of drug-likeness (QED) is 0.889. The lowest BCUT2D eigenvalue weighted by molar-refractivity contribution is -0.132. The van der Waals surface area contributed by atoms with Crippen molar-refractivity contribution in [2.75, 3.05) is 13.1 Å². The fraction of sp³-hybridized carbons (Fsp3) is 0.632. The molecule has 1 aliphatic heterocycles. The topological polar surface area (TPSA) is 32.3 Å². The summed E-state index contributed by atoms with van der Waals surface area (Å²) in [5, 5.41) is 2.84. The Balaban J connectivity index is 1.51. The van der Waals surface area contributed by atoms with Crippen LogP contribution in [0.3, 0.4) is 0 Å². The predicted molar refractivity (Wildman–Crippen MR) is 89.7 cm³/mol. The van der Waals surface area contributed by atoms with Crippen LogP contribution in [-0.4, -0.2) is 29.8 Å². The molecule has 132 valence electrons. The summed E-state index contributed by atoms with van der Waals surface area (Å²) < 4.78 is 26.9. The van der Waals surface area contributed by atoms with E-state index in [4.69, 9.17) is 0 Å². The highest BCUT2D eigenvalue weighted by Crippen LogP contribution is 2.36. The highest BCUT2D eigenvalue weighted by Gasteiger charge is 2.38. The number of likely N-dealkylation sites (tertiary alicyclic amines) is 1. The van der Waals surface area contributed by atoms with Crippen LogP contribution in [0.5, 0.6) is 0 Å². The monoisotopic (exact) mass is 336 g/mol. The van der Waals surface area contributed by atoms with E-state index in [0.717, 1.165) is 25.2 Å². The van der Waals surface area contributed by atoms with Gasteiger partial charge in [0.05, 0.1) is 0 Å². The second kappa shape index (κ2) is 7.60. The second-order valence-corrected chi connectivity index (χ2v) is 7.17. The van der Waals surface area contributed by atoms with Gasteiger partial charge in [-0.05, 0) is 49.9 Å². The molecule has 0 aromatic heterocycles. The third-order valence-corrected chi connectivity index (χ3v) is 5.07. The zero-order valence-corrected chi connectivity index (χ0v) is 14.1. The van der Waals surface area contributed by atoms with Gasteiger partial charge >= 0.3 is 0 Å². The van der Waals surface area contributed by atoms with Crippen LogP contribution in [0, 0.1) is 5.92 Å². The normalized spacial score (nSPS) is 24.0. The van der Waals surface area contributed by atoms with Crippen LogP contribution in [0.2, 0.25) is 0 Å². The molecule has 24 heavy (non-hydrogen) atoms. The van der Waals surface area contributed by atoms with Crippen molar-refractivity contribution >= 4 is 5.91 Å². The number of rotatable bonds is 5. The van der Waals surface area contributed by atoms with E-state index in [1.165, 1.54) is 18.4 Å². The van der Waals surface area contributed by atoms with E-state index in [1.807, 2.05) is 12.1 Å².